The van der Waals surface area contributed by atoms with Crippen molar-refractivity contribution in [1.29, 1.82) is 0 Å². The average molecular weight is 348 g/mol. The third-order valence-corrected chi connectivity index (χ3v) is 4.88. The molecule has 1 saturated heterocycles. The van der Waals surface area contributed by atoms with E-state index in [-0.39, 0.29) is 6.04 Å². The number of hydrogen-bond donors (Lipinski definition) is 0. The Labute approximate surface area is 144 Å². The highest BCUT2D eigenvalue weighted by Crippen LogP contribution is 2.38. The summed E-state index contributed by atoms with van der Waals surface area (Å²) in [6, 6.07) is 3.82. The van der Waals surface area contributed by atoms with E-state index in [4.69, 9.17) is 20.4 Å². The van der Waals surface area contributed by atoms with Crippen molar-refractivity contribution >= 4 is 11.6 Å². The number of likely N-dealkylation sites (tertiary alicyclic amines) is 1. The molecule has 0 amide bonds. The molecule has 3 aromatic rings. The molecule has 0 N–H and O–H groups in total. The zero-order chi connectivity index (χ0) is 16.7. The molecule has 1 aliphatic rings. The SMILES string of the molecule is Cc1nn(C)c(Cl)c1[C@@H]1CCCN1Cc1nnc(-c2ccco2)o1. The molecule has 8 heteroatoms. The normalized spacial score (nSPS) is 18.5. The van der Waals surface area contributed by atoms with Crippen molar-refractivity contribution in [2.45, 2.75) is 32.4 Å². The van der Waals surface area contributed by atoms with E-state index in [0.717, 1.165) is 30.6 Å². The van der Waals surface area contributed by atoms with Gasteiger partial charge in [0.2, 0.25) is 5.89 Å². The summed E-state index contributed by atoms with van der Waals surface area (Å²) < 4.78 is 12.7. The molecule has 0 radical (unpaired) electrons. The van der Waals surface area contributed by atoms with Gasteiger partial charge >= 0.3 is 0 Å². The maximum atomic E-state index is 6.44. The molecular weight excluding hydrogens is 330 g/mol. The molecule has 0 saturated carbocycles. The van der Waals surface area contributed by atoms with Gasteiger partial charge in [0, 0.05) is 18.7 Å². The summed E-state index contributed by atoms with van der Waals surface area (Å²) >= 11 is 6.44. The second-order valence-corrected chi connectivity index (χ2v) is 6.38. The molecule has 4 heterocycles. The minimum absolute atomic E-state index is 0.227. The van der Waals surface area contributed by atoms with Crippen molar-refractivity contribution in [2.24, 2.45) is 7.05 Å². The number of halogens is 1. The van der Waals surface area contributed by atoms with E-state index in [1.807, 2.05) is 14.0 Å². The first kappa shape index (κ1) is 15.4. The van der Waals surface area contributed by atoms with Crippen LogP contribution < -0.4 is 0 Å². The van der Waals surface area contributed by atoms with Crippen LogP contribution >= 0.6 is 11.6 Å². The number of aryl methyl sites for hydroxylation is 2. The first-order chi connectivity index (χ1) is 11.6. The maximum absolute atomic E-state index is 6.44. The van der Waals surface area contributed by atoms with E-state index in [2.05, 4.69) is 20.2 Å². The molecule has 1 aliphatic heterocycles. The summed E-state index contributed by atoms with van der Waals surface area (Å²) in [6.45, 7) is 3.55. The number of nitrogens with zero attached hydrogens (tertiary/aromatic N) is 5. The number of furan rings is 1. The van der Waals surface area contributed by atoms with E-state index in [0.29, 0.717) is 29.2 Å². The quantitative estimate of drug-likeness (QED) is 0.720. The molecule has 0 unspecified atom stereocenters. The summed E-state index contributed by atoms with van der Waals surface area (Å²) in [5, 5.41) is 13.3. The first-order valence-corrected chi connectivity index (χ1v) is 8.30. The molecule has 1 fully saturated rings. The van der Waals surface area contributed by atoms with Crippen LogP contribution in [0.15, 0.2) is 27.2 Å². The summed E-state index contributed by atoms with van der Waals surface area (Å²) in [7, 11) is 1.87. The number of rotatable bonds is 4. The van der Waals surface area contributed by atoms with Crippen LogP contribution in [0.4, 0.5) is 0 Å². The lowest BCUT2D eigenvalue weighted by Crippen LogP contribution is -2.23. The molecule has 4 rings (SSSR count). The van der Waals surface area contributed by atoms with Crippen molar-refractivity contribution in [3.63, 3.8) is 0 Å². The lowest BCUT2D eigenvalue weighted by atomic mass is 10.1. The Bertz CT molecular complexity index is 839. The fourth-order valence-electron chi connectivity index (χ4n) is 3.36. The van der Waals surface area contributed by atoms with Crippen LogP contribution in [0.5, 0.6) is 0 Å². The second kappa shape index (κ2) is 6.07. The molecule has 126 valence electrons. The Morgan fingerprint density at radius 1 is 1.38 bits per heavy atom. The van der Waals surface area contributed by atoms with Gasteiger partial charge in [0.05, 0.1) is 18.5 Å². The van der Waals surface area contributed by atoms with Gasteiger partial charge in [-0.25, -0.2) is 0 Å². The van der Waals surface area contributed by atoms with Crippen molar-refractivity contribution in [3.05, 3.63) is 40.7 Å². The van der Waals surface area contributed by atoms with Gasteiger partial charge in [0.15, 0.2) is 5.76 Å². The van der Waals surface area contributed by atoms with E-state index < -0.39 is 0 Å². The van der Waals surface area contributed by atoms with E-state index in [1.165, 1.54) is 0 Å². The van der Waals surface area contributed by atoms with Crippen LogP contribution in [0.3, 0.4) is 0 Å². The Hall–Kier alpha value is -2.12. The fraction of sp³-hybridized carbons (Fsp3) is 0.438. The zero-order valence-corrected chi connectivity index (χ0v) is 14.3. The molecule has 1 atom stereocenters. The molecule has 0 spiro atoms. The van der Waals surface area contributed by atoms with Crippen LogP contribution in [0.25, 0.3) is 11.7 Å². The Balaban J connectivity index is 1.56. The molecule has 3 aromatic heterocycles. The minimum Gasteiger partial charge on any atom is -0.459 e. The van der Waals surface area contributed by atoms with Gasteiger partial charge in [-0.2, -0.15) is 5.10 Å². The van der Waals surface area contributed by atoms with Crippen LogP contribution in [-0.2, 0) is 13.6 Å². The monoisotopic (exact) mass is 347 g/mol. The standard InChI is InChI=1S/C16H18ClN5O2/c1-10-14(15(17)21(2)20-10)11-5-3-7-22(11)9-13-18-19-16(24-13)12-6-4-8-23-12/h4,6,8,11H,3,5,7,9H2,1-2H3/t11-/m0/s1. The van der Waals surface area contributed by atoms with E-state index >= 15 is 0 Å². The summed E-state index contributed by atoms with van der Waals surface area (Å²) in [4.78, 5) is 2.31. The van der Waals surface area contributed by atoms with Crippen molar-refractivity contribution in [3.8, 4) is 11.7 Å². The highest BCUT2D eigenvalue weighted by Gasteiger charge is 2.32. The van der Waals surface area contributed by atoms with Crippen molar-refractivity contribution in [1.82, 2.24) is 24.9 Å². The first-order valence-electron chi connectivity index (χ1n) is 7.93. The average Bonchev–Trinajstić information content (AvgIpc) is 3.30. The highest BCUT2D eigenvalue weighted by molar-refractivity contribution is 6.30. The number of hydrogen-bond acceptors (Lipinski definition) is 6. The van der Waals surface area contributed by atoms with Crippen LogP contribution in [0.2, 0.25) is 5.15 Å². The Morgan fingerprint density at radius 2 is 2.25 bits per heavy atom. The van der Waals surface area contributed by atoms with Gasteiger partial charge < -0.3 is 8.83 Å². The smallest absolute Gasteiger partial charge is 0.283 e. The number of aromatic nitrogens is 4. The van der Waals surface area contributed by atoms with Crippen molar-refractivity contribution in [2.75, 3.05) is 6.54 Å². The van der Waals surface area contributed by atoms with Gasteiger partial charge in [0.1, 0.15) is 5.15 Å². The lowest BCUT2D eigenvalue weighted by molar-refractivity contribution is 0.223. The largest absolute Gasteiger partial charge is 0.459 e. The summed E-state index contributed by atoms with van der Waals surface area (Å²) in [5.74, 6) is 1.56. The van der Waals surface area contributed by atoms with Gasteiger partial charge in [-0.1, -0.05) is 11.6 Å². The molecule has 0 aromatic carbocycles. The van der Waals surface area contributed by atoms with Gasteiger partial charge in [-0.05, 0) is 38.4 Å². The third kappa shape index (κ3) is 2.63. The lowest BCUT2D eigenvalue weighted by Gasteiger charge is -2.22. The van der Waals surface area contributed by atoms with Crippen LogP contribution in [0, 0.1) is 6.92 Å². The molecular formula is C16H18ClN5O2. The van der Waals surface area contributed by atoms with Gasteiger partial charge in [-0.3, -0.25) is 9.58 Å². The Morgan fingerprint density at radius 3 is 2.96 bits per heavy atom. The van der Waals surface area contributed by atoms with Crippen LogP contribution in [0.1, 0.15) is 36.0 Å². The Kier molecular flexibility index (Phi) is 3.90. The van der Waals surface area contributed by atoms with E-state index in [1.54, 1.807) is 23.1 Å². The topological polar surface area (TPSA) is 73.1 Å². The summed E-state index contributed by atoms with van der Waals surface area (Å²) in [5.41, 5.74) is 2.07. The second-order valence-electron chi connectivity index (χ2n) is 6.02. The van der Waals surface area contributed by atoms with Crippen LogP contribution in [-0.4, -0.2) is 31.4 Å². The molecule has 0 aliphatic carbocycles. The minimum atomic E-state index is 0.227. The zero-order valence-electron chi connectivity index (χ0n) is 13.6. The van der Waals surface area contributed by atoms with Crippen molar-refractivity contribution < 1.29 is 8.83 Å². The predicted molar refractivity (Wildman–Crippen MR) is 87.3 cm³/mol. The highest BCUT2D eigenvalue weighted by atomic mass is 35.5. The van der Waals surface area contributed by atoms with Gasteiger partial charge in [-0.15, -0.1) is 10.2 Å². The van der Waals surface area contributed by atoms with Gasteiger partial charge in [0.25, 0.3) is 5.89 Å². The third-order valence-electron chi connectivity index (χ3n) is 4.43. The molecule has 0 bridgehead atoms. The molecule has 7 nitrogen and oxygen atoms in total. The summed E-state index contributed by atoms with van der Waals surface area (Å²) in [6.07, 6.45) is 3.74. The fourth-order valence-corrected chi connectivity index (χ4v) is 3.66. The predicted octanol–water partition coefficient (Wildman–Crippen LogP) is 3.36. The van der Waals surface area contributed by atoms with E-state index in [9.17, 15) is 0 Å². The maximum Gasteiger partial charge on any atom is 0.283 e. The molecule has 24 heavy (non-hydrogen) atoms.